The van der Waals surface area contributed by atoms with E-state index in [1.54, 1.807) is 6.92 Å². The van der Waals surface area contributed by atoms with Gasteiger partial charge in [-0.2, -0.15) is 0 Å². The normalized spacial score (nSPS) is 46.7. The average molecular weight is 460 g/mol. The number of aliphatic hydroxyl groups is 1. The van der Waals surface area contributed by atoms with Crippen molar-refractivity contribution in [3.05, 3.63) is 23.8 Å². The zero-order valence-electron chi connectivity index (χ0n) is 17.3. The molecule has 0 heterocycles. The van der Waals surface area contributed by atoms with Gasteiger partial charge >= 0.3 is 7.82 Å². The summed E-state index contributed by atoms with van der Waals surface area (Å²) in [5.74, 6) is -2.91. The van der Waals surface area contributed by atoms with Crippen LogP contribution in [0.1, 0.15) is 39.5 Å². The zero-order valence-corrected chi connectivity index (χ0v) is 18.2. The summed E-state index contributed by atoms with van der Waals surface area (Å²) in [4.78, 5) is 42.3. The van der Waals surface area contributed by atoms with Crippen LogP contribution in [0.2, 0.25) is 0 Å². The van der Waals surface area contributed by atoms with Gasteiger partial charge in [-0.05, 0) is 61.7 Å². The van der Waals surface area contributed by atoms with Crippen molar-refractivity contribution in [1.82, 2.24) is 0 Å². The van der Waals surface area contributed by atoms with Gasteiger partial charge in [0.05, 0.1) is 6.10 Å². The molecule has 172 valence electrons. The fourth-order valence-electron chi connectivity index (χ4n) is 6.98. The molecule has 0 aromatic heterocycles. The Labute approximate surface area is 178 Å². The van der Waals surface area contributed by atoms with Crippen LogP contribution in [0.15, 0.2) is 23.8 Å². The van der Waals surface area contributed by atoms with Gasteiger partial charge in [-0.3, -0.25) is 14.1 Å². The van der Waals surface area contributed by atoms with E-state index in [1.165, 1.54) is 19.1 Å². The summed E-state index contributed by atoms with van der Waals surface area (Å²) < 4.78 is 47.4. The highest BCUT2D eigenvalue weighted by Gasteiger charge is 2.72. The molecule has 7 nitrogen and oxygen atoms in total. The Bertz CT molecular complexity index is 929. The van der Waals surface area contributed by atoms with E-state index in [1.807, 2.05) is 0 Å². The summed E-state index contributed by atoms with van der Waals surface area (Å²) in [5, 5.41) is 11.1. The van der Waals surface area contributed by atoms with E-state index in [-0.39, 0.29) is 18.4 Å². The van der Waals surface area contributed by atoms with Crippen LogP contribution in [0, 0.1) is 28.6 Å². The second-order valence-corrected chi connectivity index (χ2v) is 11.0. The number of allylic oxidation sites excluding steroid dienone is 4. The van der Waals surface area contributed by atoms with E-state index in [0.29, 0.717) is 12.8 Å². The predicted octanol–water partition coefficient (Wildman–Crippen LogP) is 2.60. The molecule has 4 rings (SSSR count). The van der Waals surface area contributed by atoms with Gasteiger partial charge < -0.3 is 14.9 Å². The van der Waals surface area contributed by atoms with Gasteiger partial charge in [0.2, 0.25) is 0 Å². The minimum absolute atomic E-state index is 0.0436. The molecule has 31 heavy (non-hydrogen) atoms. The molecule has 5 unspecified atom stereocenters. The first-order valence-corrected chi connectivity index (χ1v) is 12.0. The lowest BCUT2D eigenvalue weighted by Crippen LogP contribution is -2.68. The van der Waals surface area contributed by atoms with Gasteiger partial charge in [0.15, 0.2) is 17.2 Å². The molecule has 10 heteroatoms. The lowest BCUT2D eigenvalue weighted by atomic mass is 9.45. The number of carbonyl (C=O) groups is 2. The maximum Gasteiger partial charge on any atom is 0.470 e. The number of rotatable bonds is 4. The van der Waals surface area contributed by atoms with Gasteiger partial charge in [0.1, 0.15) is 12.8 Å². The van der Waals surface area contributed by atoms with Gasteiger partial charge in [-0.1, -0.05) is 13.0 Å². The first-order valence-electron chi connectivity index (χ1n) is 10.4. The summed E-state index contributed by atoms with van der Waals surface area (Å²) in [6.45, 7) is 2.49. The molecule has 0 radical (unpaired) electrons. The number of hydrogen-bond acceptors (Lipinski definition) is 5. The summed E-state index contributed by atoms with van der Waals surface area (Å²) in [5.41, 5.74) is -4.50. The quantitative estimate of drug-likeness (QED) is 0.552. The molecular weight excluding hydrogens is 433 g/mol. The molecule has 0 aromatic carbocycles. The van der Waals surface area contributed by atoms with Crippen molar-refractivity contribution >= 4 is 19.4 Å². The Morgan fingerprint density at radius 3 is 2.61 bits per heavy atom. The van der Waals surface area contributed by atoms with E-state index in [0.717, 1.165) is 6.08 Å². The van der Waals surface area contributed by atoms with Crippen molar-refractivity contribution in [2.45, 2.75) is 57.5 Å². The third-order valence-electron chi connectivity index (χ3n) is 8.39. The summed E-state index contributed by atoms with van der Waals surface area (Å²) >= 11 is 0. The van der Waals surface area contributed by atoms with Crippen LogP contribution in [0.4, 0.5) is 8.78 Å². The van der Waals surface area contributed by atoms with Crippen molar-refractivity contribution in [1.29, 1.82) is 0 Å². The Morgan fingerprint density at radius 1 is 1.29 bits per heavy atom. The van der Waals surface area contributed by atoms with E-state index in [9.17, 15) is 19.3 Å². The third-order valence-corrected chi connectivity index (χ3v) is 8.85. The Kier molecular flexibility index (Phi) is 5.27. The summed E-state index contributed by atoms with van der Waals surface area (Å²) in [6.07, 6.45) is 1.16. The lowest BCUT2D eigenvalue weighted by Gasteiger charge is -2.62. The van der Waals surface area contributed by atoms with Crippen LogP contribution in [-0.2, 0) is 18.7 Å². The first-order chi connectivity index (χ1) is 14.2. The van der Waals surface area contributed by atoms with Crippen LogP contribution < -0.4 is 0 Å². The van der Waals surface area contributed by atoms with Crippen LogP contribution in [0.5, 0.6) is 0 Å². The molecule has 3 fully saturated rings. The van der Waals surface area contributed by atoms with Crippen LogP contribution >= 0.6 is 7.82 Å². The Balaban J connectivity index is 1.69. The molecule has 0 bridgehead atoms. The van der Waals surface area contributed by atoms with E-state index in [2.05, 4.69) is 4.52 Å². The van der Waals surface area contributed by atoms with Crippen molar-refractivity contribution in [2.24, 2.45) is 28.6 Å². The largest absolute Gasteiger partial charge is 0.470 e. The highest BCUT2D eigenvalue weighted by Crippen LogP contribution is 2.69. The van der Waals surface area contributed by atoms with Crippen molar-refractivity contribution < 1.29 is 42.4 Å². The van der Waals surface area contributed by atoms with Crippen LogP contribution in [0.25, 0.3) is 0 Å². The predicted molar refractivity (Wildman–Crippen MR) is 105 cm³/mol. The molecule has 0 saturated heterocycles. The molecule has 0 aliphatic heterocycles. The summed E-state index contributed by atoms with van der Waals surface area (Å²) in [7, 11) is -4.82. The fraction of sp³-hybridized carbons (Fsp3) is 0.714. The van der Waals surface area contributed by atoms with Crippen molar-refractivity contribution in [3.8, 4) is 0 Å². The zero-order chi connectivity index (χ0) is 23.0. The molecule has 0 aromatic rings. The molecule has 8 atom stereocenters. The number of Topliss-reactive ketones (excluding diaryl/α,β-unsaturated/α-hetero) is 1. The molecule has 0 amide bonds. The van der Waals surface area contributed by atoms with Gasteiger partial charge in [0, 0.05) is 17.3 Å². The molecule has 0 spiro atoms. The van der Waals surface area contributed by atoms with Crippen molar-refractivity contribution in [2.75, 3.05) is 6.61 Å². The lowest BCUT2D eigenvalue weighted by molar-refractivity contribution is -0.202. The van der Waals surface area contributed by atoms with E-state index in [4.69, 9.17) is 9.79 Å². The highest BCUT2D eigenvalue weighted by molar-refractivity contribution is 7.46. The number of fused-ring (bicyclic) bond motifs is 5. The van der Waals surface area contributed by atoms with Crippen LogP contribution in [-0.4, -0.2) is 51.0 Å². The molecule has 3 saturated carbocycles. The van der Waals surface area contributed by atoms with Gasteiger partial charge in [0.25, 0.3) is 0 Å². The Hall–Kier alpha value is -1.25. The minimum Gasteiger partial charge on any atom is -0.390 e. The standard InChI is InChI=1S/C21H27F2O7P/c1-19-9-18(26)21(23)14(8-16(22)15-7-11(24)5-6-20(15,21)2)12(19)3-4-13(19)17(25)10-30-31(27,28)29/h5-7,12-14,16,18,26H,3-4,8-10H2,1-2H3,(H2,27,28,29)/t12?,13?,14?,16-,18?,19?,20-,21-/m0/s1. The van der Waals surface area contributed by atoms with Gasteiger partial charge in [-0.15, -0.1) is 0 Å². The average Bonchev–Trinajstić information content (AvgIpc) is 3.00. The van der Waals surface area contributed by atoms with Crippen LogP contribution in [0.3, 0.4) is 0 Å². The number of phosphoric ester groups is 1. The van der Waals surface area contributed by atoms with Gasteiger partial charge in [-0.25, -0.2) is 13.3 Å². The maximum absolute atomic E-state index is 16.8. The van der Waals surface area contributed by atoms with E-state index < -0.39 is 72.5 Å². The minimum atomic E-state index is -4.82. The number of alkyl halides is 2. The number of halogens is 2. The topological polar surface area (TPSA) is 121 Å². The fourth-order valence-corrected chi connectivity index (χ4v) is 7.27. The van der Waals surface area contributed by atoms with E-state index >= 15 is 8.78 Å². The molecular formula is C21H27F2O7P. The maximum atomic E-state index is 16.8. The number of ketones is 2. The smallest absolute Gasteiger partial charge is 0.390 e. The summed E-state index contributed by atoms with van der Waals surface area (Å²) in [6, 6.07) is 0. The number of carbonyl (C=O) groups excluding carboxylic acids is 2. The monoisotopic (exact) mass is 460 g/mol. The molecule has 4 aliphatic carbocycles. The Morgan fingerprint density at radius 2 is 1.97 bits per heavy atom. The molecule has 4 aliphatic rings. The third kappa shape index (κ3) is 3.23. The van der Waals surface area contributed by atoms with Crippen molar-refractivity contribution in [3.63, 3.8) is 0 Å². The molecule has 3 N–H and O–H groups in total. The number of hydrogen-bond donors (Lipinski definition) is 3. The number of aliphatic hydroxyl groups excluding tert-OH is 1. The SMILES string of the molecule is CC12CC(O)[C@@]3(F)C(C[C@H](F)C4=CC(=O)C=C[C@@]43C)C1CCC2C(=O)COP(=O)(O)O. The first kappa shape index (κ1) is 22.9. The number of phosphoric acid groups is 1. The second-order valence-electron chi connectivity index (χ2n) is 9.81. The highest BCUT2D eigenvalue weighted by atomic mass is 31.2. The second kappa shape index (κ2) is 7.12.